The third kappa shape index (κ3) is 5.14. The minimum Gasteiger partial charge on any atom is -0.493 e. The quantitative estimate of drug-likeness (QED) is 0.677. The van der Waals surface area contributed by atoms with Crippen molar-refractivity contribution in [3.05, 3.63) is 41.1 Å². The largest absolute Gasteiger partial charge is 0.493 e. The molecule has 0 aliphatic carbocycles. The molecule has 0 saturated carbocycles. The van der Waals surface area contributed by atoms with Gasteiger partial charge in [0, 0.05) is 19.6 Å². The Morgan fingerprint density at radius 1 is 1.14 bits per heavy atom. The molecular weight excluding hydrogens is 370 g/mol. The number of fused-ring (bicyclic) bond motifs is 1. The zero-order valence-electron chi connectivity index (χ0n) is 17.6. The number of ether oxygens (including phenoxy) is 2. The van der Waals surface area contributed by atoms with Gasteiger partial charge in [0.05, 0.1) is 14.2 Å². The second kappa shape index (κ2) is 9.56. The Labute approximate surface area is 171 Å². The van der Waals surface area contributed by atoms with E-state index >= 15 is 0 Å². The van der Waals surface area contributed by atoms with Crippen LogP contribution in [0.2, 0.25) is 0 Å². The lowest BCUT2D eigenvalue weighted by molar-refractivity contribution is 0.0946. The number of hydrogen-bond donors (Lipinski definition) is 1. The summed E-state index contributed by atoms with van der Waals surface area (Å²) in [5.74, 6) is 2.04. The highest BCUT2D eigenvalue weighted by atomic mass is 16.5. The lowest BCUT2D eigenvalue weighted by atomic mass is 9.99. The molecule has 3 rings (SSSR count). The van der Waals surface area contributed by atoms with Gasteiger partial charge in [0.15, 0.2) is 23.0 Å². The lowest BCUT2D eigenvalue weighted by Crippen LogP contribution is -2.32. The normalized spacial score (nSPS) is 13.2. The van der Waals surface area contributed by atoms with Crippen molar-refractivity contribution in [2.75, 3.05) is 52.8 Å². The van der Waals surface area contributed by atoms with Crippen LogP contribution in [-0.2, 0) is 13.0 Å². The monoisotopic (exact) mass is 399 g/mol. The van der Waals surface area contributed by atoms with E-state index in [1.54, 1.807) is 20.3 Å². The second-order valence-electron chi connectivity index (χ2n) is 7.34. The van der Waals surface area contributed by atoms with Gasteiger partial charge in [-0.05, 0) is 68.9 Å². The van der Waals surface area contributed by atoms with E-state index < -0.39 is 0 Å². The summed E-state index contributed by atoms with van der Waals surface area (Å²) in [4.78, 5) is 16.4. The molecule has 8 heteroatoms. The Bertz CT molecular complexity index is 839. The van der Waals surface area contributed by atoms with Crippen molar-refractivity contribution in [1.29, 1.82) is 0 Å². The fourth-order valence-electron chi connectivity index (χ4n) is 3.38. The summed E-state index contributed by atoms with van der Waals surface area (Å²) in [6, 6.07) is 7.64. The van der Waals surface area contributed by atoms with Crippen molar-refractivity contribution in [2.45, 2.75) is 19.4 Å². The highest BCUT2D eigenvalue weighted by Gasteiger charge is 2.21. The van der Waals surface area contributed by atoms with Crippen LogP contribution < -0.4 is 19.7 Å². The SMILES string of the molecule is COc1cc2c(cc1OC)CN(c1ccc(C(=O)NCCCN(C)C)nn1)CC2. The highest BCUT2D eigenvalue weighted by molar-refractivity contribution is 5.92. The number of nitrogens with one attached hydrogen (secondary N) is 1. The standard InChI is InChI=1S/C21H29N5O3/c1-25(2)10-5-9-22-21(27)17-6-7-20(24-23-17)26-11-8-15-12-18(28-3)19(29-4)13-16(15)14-26/h6-7,12-13H,5,8-11,14H2,1-4H3,(H,22,27). The van der Waals surface area contributed by atoms with Crippen molar-refractivity contribution < 1.29 is 14.3 Å². The van der Waals surface area contributed by atoms with Crippen LogP contribution in [0.4, 0.5) is 5.82 Å². The van der Waals surface area contributed by atoms with Crippen LogP contribution in [-0.4, -0.2) is 69.0 Å². The van der Waals surface area contributed by atoms with Gasteiger partial charge in [-0.1, -0.05) is 0 Å². The van der Waals surface area contributed by atoms with Crippen LogP contribution >= 0.6 is 0 Å². The van der Waals surface area contributed by atoms with E-state index in [2.05, 4.69) is 25.3 Å². The van der Waals surface area contributed by atoms with E-state index in [1.807, 2.05) is 32.3 Å². The number of rotatable bonds is 8. The van der Waals surface area contributed by atoms with Crippen LogP contribution in [0, 0.1) is 0 Å². The van der Waals surface area contributed by atoms with Gasteiger partial charge in [0.1, 0.15) is 0 Å². The van der Waals surface area contributed by atoms with Crippen molar-refractivity contribution in [3.63, 3.8) is 0 Å². The van der Waals surface area contributed by atoms with E-state index in [4.69, 9.17) is 9.47 Å². The second-order valence-corrected chi connectivity index (χ2v) is 7.34. The van der Waals surface area contributed by atoms with Gasteiger partial charge in [-0.3, -0.25) is 4.79 Å². The van der Waals surface area contributed by atoms with Crippen molar-refractivity contribution in [1.82, 2.24) is 20.4 Å². The summed E-state index contributed by atoms with van der Waals surface area (Å²) in [5.41, 5.74) is 2.77. The molecular formula is C21H29N5O3. The predicted molar refractivity (Wildman–Crippen MR) is 112 cm³/mol. The van der Waals surface area contributed by atoms with Crippen LogP contribution in [0.5, 0.6) is 11.5 Å². The van der Waals surface area contributed by atoms with E-state index in [1.165, 1.54) is 11.1 Å². The molecule has 0 radical (unpaired) electrons. The molecule has 1 aliphatic rings. The first-order chi connectivity index (χ1) is 14.0. The molecule has 1 N–H and O–H groups in total. The van der Waals surface area contributed by atoms with Crippen LogP contribution in [0.3, 0.4) is 0 Å². The van der Waals surface area contributed by atoms with Gasteiger partial charge in [-0.25, -0.2) is 0 Å². The molecule has 2 aromatic rings. The molecule has 0 saturated heterocycles. The van der Waals surface area contributed by atoms with E-state index in [0.29, 0.717) is 18.8 Å². The molecule has 0 unspecified atom stereocenters. The topological polar surface area (TPSA) is 79.8 Å². The molecule has 1 amide bonds. The van der Waals surface area contributed by atoms with E-state index in [9.17, 15) is 4.79 Å². The average molecular weight is 399 g/mol. The Hall–Kier alpha value is -2.87. The summed E-state index contributed by atoms with van der Waals surface area (Å²) < 4.78 is 10.8. The first-order valence-corrected chi connectivity index (χ1v) is 9.77. The number of benzene rings is 1. The third-order valence-electron chi connectivity index (χ3n) is 4.99. The molecule has 2 heterocycles. The fraction of sp³-hybridized carbons (Fsp3) is 0.476. The lowest BCUT2D eigenvalue weighted by Gasteiger charge is -2.30. The average Bonchev–Trinajstić information content (AvgIpc) is 2.75. The number of carbonyl (C=O) groups is 1. The fourth-order valence-corrected chi connectivity index (χ4v) is 3.38. The molecule has 0 bridgehead atoms. The van der Waals surface area contributed by atoms with Gasteiger partial charge in [-0.15, -0.1) is 10.2 Å². The molecule has 0 fully saturated rings. The minimum absolute atomic E-state index is 0.191. The number of carbonyl (C=O) groups excluding carboxylic acids is 1. The van der Waals surface area contributed by atoms with Crippen LogP contribution in [0.1, 0.15) is 28.0 Å². The predicted octanol–water partition coefficient (Wildman–Crippen LogP) is 1.74. The van der Waals surface area contributed by atoms with Crippen LogP contribution in [0.25, 0.3) is 0 Å². The highest BCUT2D eigenvalue weighted by Crippen LogP contribution is 2.34. The molecule has 1 aromatic heterocycles. The summed E-state index contributed by atoms with van der Waals surface area (Å²) in [6.45, 7) is 3.08. The summed E-state index contributed by atoms with van der Waals surface area (Å²) in [5, 5.41) is 11.3. The maximum atomic E-state index is 12.2. The first kappa shape index (κ1) is 20.9. The van der Waals surface area contributed by atoms with Crippen molar-refractivity contribution in [2.24, 2.45) is 0 Å². The zero-order valence-corrected chi connectivity index (χ0v) is 17.6. The molecule has 1 aromatic carbocycles. The number of anilines is 1. The zero-order chi connectivity index (χ0) is 20.8. The minimum atomic E-state index is -0.191. The summed E-state index contributed by atoms with van der Waals surface area (Å²) in [6.07, 6.45) is 1.77. The van der Waals surface area contributed by atoms with Gasteiger partial charge >= 0.3 is 0 Å². The number of amides is 1. The number of aromatic nitrogens is 2. The Morgan fingerprint density at radius 2 is 1.86 bits per heavy atom. The summed E-state index contributed by atoms with van der Waals surface area (Å²) >= 11 is 0. The molecule has 0 atom stereocenters. The molecule has 156 valence electrons. The number of nitrogens with zero attached hydrogens (tertiary/aromatic N) is 4. The van der Waals surface area contributed by atoms with Crippen LogP contribution in [0.15, 0.2) is 24.3 Å². The number of methoxy groups -OCH3 is 2. The van der Waals surface area contributed by atoms with Crippen molar-refractivity contribution >= 4 is 11.7 Å². The van der Waals surface area contributed by atoms with Gasteiger partial charge < -0.3 is 24.6 Å². The first-order valence-electron chi connectivity index (χ1n) is 9.77. The molecule has 1 aliphatic heterocycles. The Balaban J connectivity index is 1.63. The van der Waals surface area contributed by atoms with E-state index in [-0.39, 0.29) is 5.91 Å². The van der Waals surface area contributed by atoms with Crippen molar-refractivity contribution in [3.8, 4) is 11.5 Å². The Kier molecular flexibility index (Phi) is 6.87. The maximum absolute atomic E-state index is 12.2. The molecule has 0 spiro atoms. The maximum Gasteiger partial charge on any atom is 0.271 e. The Morgan fingerprint density at radius 3 is 2.48 bits per heavy atom. The van der Waals surface area contributed by atoms with Gasteiger partial charge in [0.25, 0.3) is 5.91 Å². The number of hydrogen-bond acceptors (Lipinski definition) is 7. The molecule has 29 heavy (non-hydrogen) atoms. The van der Waals surface area contributed by atoms with E-state index in [0.717, 1.165) is 43.2 Å². The van der Waals surface area contributed by atoms with Gasteiger partial charge in [0.2, 0.25) is 0 Å². The molecule has 8 nitrogen and oxygen atoms in total. The summed E-state index contributed by atoms with van der Waals surface area (Å²) in [7, 11) is 7.31. The smallest absolute Gasteiger partial charge is 0.271 e. The van der Waals surface area contributed by atoms with Gasteiger partial charge in [-0.2, -0.15) is 0 Å². The third-order valence-corrected chi connectivity index (χ3v) is 4.99.